The van der Waals surface area contributed by atoms with Crippen molar-refractivity contribution in [2.24, 2.45) is 0 Å². The van der Waals surface area contributed by atoms with Crippen LogP contribution in [0.25, 0.3) is 32.9 Å². The molecule has 2 aromatic carbocycles. The second-order valence-corrected chi connectivity index (χ2v) is 5.26. The molecule has 0 unspecified atom stereocenters. The van der Waals surface area contributed by atoms with Gasteiger partial charge in [0.25, 0.3) is 0 Å². The molecule has 0 fully saturated rings. The van der Waals surface area contributed by atoms with Gasteiger partial charge in [-0.15, -0.1) is 0 Å². The third-order valence-corrected chi connectivity index (χ3v) is 4.02. The molecule has 0 amide bonds. The number of methoxy groups -OCH3 is 1. The van der Waals surface area contributed by atoms with Gasteiger partial charge in [0.2, 0.25) is 6.79 Å². The van der Waals surface area contributed by atoms with E-state index in [9.17, 15) is 4.79 Å². The highest BCUT2D eigenvalue weighted by Gasteiger charge is 2.21. The maximum absolute atomic E-state index is 12.4. The van der Waals surface area contributed by atoms with Crippen molar-refractivity contribution in [2.45, 2.75) is 0 Å². The molecule has 114 valence electrons. The molecule has 23 heavy (non-hydrogen) atoms. The van der Waals surface area contributed by atoms with Crippen LogP contribution in [0.2, 0.25) is 0 Å². The van der Waals surface area contributed by atoms with Crippen molar-refractivity contribution in [3.63, 3.8) is 0 Å². The van der Waals surface area contributed by atoms with Crippen molar-refractivity contribution in [1.82, 2.24) is 0 Å². The highest BCUT2D eigenvalue weighted by Crippen LogP contribution is 2.40. The summed E-state index contributed by atoms with van der Waals surface area (Å²) >= 11 is 0. The standard InChI is InChI=1S/C17H10O6/c1-19-8-2-3-9-11(4-8)22-16-10-5-13-14(21-7-20-13)6-12(10)23-17(18)15(9)16/h2-6H,7H2,1H3. The summed E-state index contributed by atoms with van der Waals surface area (Å²) in [6.07, 6.45) is 0. The van der Waals surface area contributed by atoms with Crippen LogP contribution in [-0.4, -0.2) is 13.9 Å². The van der Waals surface area contributed by atoms with Crippen LogP contribution in [0.4, 0.5) is 0 Å². The molecule has 0 aliphatic carbocycles. The Bertz CT molecular complexity index is 1150. The Balaban J connectivity index is 1.97. The minimum atomic E-state index is -0.449. The van der Waals surface area contributed by atoms with Gasteiger partial charge >= 0.3 is 5.63 Å². The highest BCUT2D eigenvalue weighted by molar-refractivity contribution is 6.13. The normalized spacial score (nSPS) is 13.3. The van der Waals surface area contributed by atoms with Crippen molar-refractivity contribution in [2.75, 3.05) is 13.9 Å². The van der Waals surface area contributed by atoms with E-state index in [-0.39, 0.29) is 6.79 Å². The van der Waals surface area contributed by atoms with Crippen LogP contribution >= 0.6 is 0 Å². The molecule has 0 radical (unpaired) electrons. The smallest absolute Gasteiger partial charge is 0.348 e. The summed E-state index contributed by atoms with van der Waals surface area (Å²) in [7, 11) is 1.58. The van der Waals surface area contributed by atoms with Crippen molar-refractivity contribution in [3.8, 4) is 17.2 Å². The third-order valence-electron chi connectivity index (χ3n) is 4.02. The molecule has 0 bridgehead atoms. The molecule has 4 aromatic rings. The SMILES string of the molecule is COc1ccc2c(c1)oc1c3cc4c(cc3oc(=O)c21)OCO4. The summed E-state index contributed by atoms with van der Waals surface area (Å²) in [5.74, 6) is 1.81. The zero-order valence-corrected chi connectivity index (χ0v) is 12.0. The fraction of sp³-hybridized carbons (Fsp3) is 0.118. The average molecular weight is 310 g/mol. The van der Waals surface area contributed by atoms with Gasteiger partial charge in [0, 0.05) is 17.5 Å². The molecule has 0 spiro atoms. The quantitative estimate of drug-likeness (QED) is 0.502. The summed E-state index contributed by atoms with van der Waals surface area (Å²) < 4.78 is 27.3. The van der Waals surface area contributed by atoms with Crippen molar-refractivity contribution < 1.29 is 23.0 Å². The largest absolute Gasteiger partial charge is 0.497 e. The first kappa shape index (κ1) is 12.4. The van der Waals surface area contributed by atoms with Gasteiger partial charge in [-0.3, -0.25) is 0 Å². The number of ether oxygens (including phenoxy) is 3. The lowest BCUT2D eigenvalue weighted by Crippen LogP contribution is -1.98. The summed E-state index contributed by atoms with van der Waals surface area (Å²) in [4.78, 5) is 12.4. The van der Waals surface area contributed by atoms with E-state index in [2.05, 4.69) is 0 Å². The summed E-state index contributed by atoms with van der Waals surface area (Å²) in [6.45, 7) is 0.149. The van der Waals surface area contributed by atoms with Crippen LogP contribution in [0.3, 0.4) is 0 Å². The summed E-state index contributed by atoms with van der Waals surface area (Å²) in [6, 6.07) is 8.72. The monoisotopic (exact) mass is 310 g/mol. The zero-order chi connectivity index (χ0) is 15.6. The first-order valence-electron chi connectivity index (χ1n) is 7.01. The predicted octanol–water partition coefficient (Wildman–Crippen LogP) is 3.43. The minimum Gasteiger partial charge on any atom is -0.497 e. The Morgan fingerprint density at radius 2 is 1.74 bits per heavy atom. The van der Waals surface area contributed by atoms with Gasteiger partial charge in [0.15, 0.2) is 17.1 Å². The van der Waals surface area contributed by atoms with E-state index in [4.69, 9.17) is 23.0 Å². The van der Waals surface area contributed by atoms with E-state index >= 15 is 0 Å². The van der Waals surface area contributed by atoms with Crippen LogP contribution < -0.4 is 19.8 Å². The summed E-state index contributed by atoms with van der Waals surface area (Å²) in [5, 5.41) is 1.77. The van der Waals surface area contributed by atoms with Crippen molar-refractivity contribution >= 4 is 32.9 Å². The summed E-state index contributed by atoms with van der Waals surface area (Å²) in [5.41, 5.74) is 0.989. The molecule has 2 aromatic heterocycles. The van der Waals surface area contributed by atoms with Crippen LogP contribution in [0.1, 0.15) is 0 Å². The lowest BCUT2D eigenvalue weighted by atomic mass is 10.1. The fourth-order valence-corrected chi connectivity index (χ4v) is 2.93. The Morgan fingerprint density at radius 3 is 2.57 bits per heavy atom. The van der Waals surface area contributed by atoms with Crippen LogP contribution in [0.15, 0.2) is 44.0 Å². The lowest BCUT2D eigenvalue weighted by molar-refractivity contribution is 0.174. The van der Waals surface area contributed by atoms with Gasteiger partial charge in [-0.05, 0) is 18.2 Å². The molecule has 0 saturated carbocycles. The van der Waals surface area contributed by atoms with Crippen LogP contribution in [0, 0.1) is 0 Å². The van der Waals surface area contributed by atoms with E-state index in [1.165, 1.54) is 0 Å². The molecule has 0 N–H and O–H groups in total. The Morgan fingerprint density at radius 1 is 0.957 bits per heavy atom. The Hall–Kier alpha value is -3.15. The number of hydrogen-bond donors (Lipinski definition) is 0. The second kappa shape index (κ2) is 4.19. The average Bonchev–Trinajstić information content (AvgIpc) is 3.16. The van der Waals surface area contributed by atoms with Gasteiger partial charge in [0.1, 0.15) is 22.3 Å². The van der Waals surface area contributed by atoms with E-state index in [0.717, 1.165) is 0 Å². The molecule has 1 aliphatic heterocycles. The zero-order valence-electron chi connectivity index (χ0n) is 12.0. The molecular formula is C17H10O6. The minimum absolute atomic E-state index is 0.149. The second-order valence-electron chi connectivity index (χ2n) is 5.26. The third kappa shape index (κ3) is 1.60. The number of hydrogen-bond acceptors (Lipinski definition) is 6. The van der Waals surface area contributed by atoms with E-state index in [1.54, 1.807) is 37.4 Å². The number of fused-ring (bicyclic) bond motifs is 6. The maximum atomic E-state index is 12.4. The first-order valence-corrected chi connectivity index (χ1v) is 7.01. The fourth-order valence-electron chi connectivity index (χ4n) is 2.93. The van der Waals surface area contributed by atoms with E-state index in [0.29, 0.717) is 50.2 Å². The van der Waals surface area contributed by atoms with Gasteiger partial charge in [-0.25, -0.2) is 4.79 Å². The Kier molecular flexibility index (Phi) is 2.26. The number of benzene rings is 2. The van der Waals surface area contributed by atoms with E-state index in [1.807, 2.05) is 0 Å². The molecular weight excluding hydrogens is 300 g/mol. The predicted molar refractivity (Wildman–Crippen MR) is 82.4 cm³/mol. The van der Waals surface area contributed by atoms with E-state index < -0.39 is 5.63 Å². The molecule has 6 heteroatoms. The highest BCUT2D eigenvalue weighted by atomic mass is 16.7. The number of rotatable bonds is 1. The topological polar surface area (TPSA) is 71.0 Å². The molecule has 1 aliphatic rings. The van der Waals surface area contributed by atoms with Crippen LogP contribution in [-0.2, 0) is 0 Å². The number of furan rings is 1. The first-order chi connectivity index (χ1) is 11.2. The maximum Gasteiger partial charge on any atom is 0.348 e. The van der Waals surface area contributed by atoms with Gasteiger partial charge < -0.3 is 23.0 Å². The molecule has 0 saturated heterocycles. The van der Waals surface area contributed by atoms with Gasteiger partial charge in [-0.2, -0.15) is 0 Å². The Labute approximate surface area is 128 Å². The molecule has 5 rings (SSSR count). The molecule has 3 heterocycles. The lowest BCUT2D eigenvalue weighted by Gasteiger charge is -2.00. The molecule has 6 nitrogen and oxygen atoms in total. The van der Waals surface area contributed by atoms with Gasteiger partial charge in [-0.1, -0.05) is 0 Å². The van der Waals surface area contributed by atoms with Crippen LogP contribution in [0.5, 0.6) is 17.2 Å². The molecule has 0 atom stereocenters. The van der Waals surface area contributed by atoms with Gasteiger partial charge in [0.05, 0.1) is 12.5 Å². The van der Waals surface area contributed by atoms with Crippen molar-refractivity contribution in [3.05, 3.63) is 40.8 Å². The van der Waals surface area contributed by atoms with Crippen molar-refractivity contribution in [1.29, 1.82) is 0 Å².